The molecule has 23 heavy (non-hydrogen) atoms. The molecule has 0 radical (unpaired) electrons. The Bertz CT molecular complexity index is 659. The fourth-order valence-electron chi connectivity index (χ4n) is 1.90. The second kappa shape index (κ2) is 9.86. The normalized spacial score (nSPS) is 11.0. The van der Waals surface area contributed by atoms with Crippen molar-refractivity contribution in [2.24, 2.45) is 12.0 Å². The van der Waals surface area contributed by atoms with E-state index in [-0.39, 0.29) is 29.8 Å². The average molecular weight is 496 g/mol. The highest BCUT2D eigenvalue weighted by Gasteiger charge is 2.03. The molecule has 0 saturated heterocycles. The van der Waals surface area contributed by atoms with Gasteiger partial charge in [-0.2, -0.15) is 5.10 Å². The van der Waals surface area contributed by atoms with Crippen LogP contribution in [-0.2, 0) is 20.1 Å². The quantitative estimate of drug-likeness (QED) is 0.380. The lowest BCUT2D eigenvalue weighted by Crippen LogP contribution is -2.37. The molecule has 0 saturated carbocycles. The molecule has 1 aromatic carbocycles. The molecular weight excluding hydrogens is 476 g/mol. The van der Waals surface area contributed by atoms with E-state index in [1.165, 1.54) is 6.07 Å². The van der Waals surface area contributed by atoms with E-state index in [9.17, 15) is 4.39 Å². The van der Waals surface area contributed by atoms with E-state index < -0.39 is 0 Å². The number of nitrogens with one attached hydrogen (secondary N) is 2. The van der Waals surface area contributed by atoms with Gasteiger partial charge in [-0.25, -0.2) is 9.38 Å². The van der Waals surface area contributed by atoms with Gasteiger partial charge in [-0.3, -0.25) is 4.68 Å². The van der Waals surface area contributed by atoms with Gasteiger partial charge < -0.3 is 10.6 Å². The first kappa shape index (κ1) is 19.9. The maximum atomic E-state index is 13.5. The lowest BCUT2D eigenvalue weighted by Gasteiger charge is -2.11. The molecule has 2 N–H and O–H groups in total. The Morgan fingerprint density at radius 1 is 1.35 bits per heavy atom. The molecule has 1 heterocycles. The zero-order chi connectivity index (χ0) is 15.9. The number of halogens is 3. The van der Waals surface area contributed by atoms with Gasteiger partial charge in [0, 0.05) is 19.8 Å². The minimum Gasteiger partial charge on any atom is -0.357 e. The number of guanidine groups is 1. The number of hydrogen-bond donors (Lipinski definition) is 2. The zero-order valence-corrected chi connectivity index (χ0v) is 16.9. The molecule has 5 nitrogen and oxygen atoms in total. The van der Waals surface area contributed by atoms with E-state index in [4.69, 9.17) is 0 Å². The monoisotopic (exact) mass is 495 g/mol. The first-order valence-electron chi connectivity index (χ1n) is 7.03. The van der Waals surface area contributed by atoms with Crippen molar-refractivity contribution in [3.8, 4) is 0 Å². The Kier molecular flexibility index (Phi) is 8.53. The molecule has 8 heteroatoms. The van der Waals surface area contributed by atoms with Crippen molar-refractivity contribution in [1.82, 2.24) is 20.4 Å². The molecule has 0 fully saturated rings. The van der Waals surface area contributed by atoms with Crippen LogP contribution in [0.25, 0.3) is 0 Å². The van der Waals surface area contributed by atoms with Crippen LogP contribution in [0.4, 0.5) is 4.39 Å². The van der Waals surface area contributed by atoms with E-state index in [0.717, 1.165) is 17.8 Å². The number of aryl methyl sites for hydroxylation is 1. The number of rotatable bonds is 5. The van der Waals surface area contributed by atoms with Gasteiger partial charge in [-0.15, -0.1) is 24.0 Å². The molecule has 0 aliphatic rings. The zero-order valence-electron chi connectivity index (χ0n) is 13.0. The van der Waals surface area contributed by atoms with Gasteiger partial charge in [0.15, 0.2) is 5.96 Å². The minimum atomic E-state index is -0.277. The molecule has 2 aromatic rings. The van der Waals surface area contributed by atoms with Crippen molar-refractivity contribution in [2.45, 2.75) is 20.0 Å². The summed E-state index contributed by atoms with van der Waals surface area (Å²) < 4.78 is 15.8. The van der Waals surface area contributed by atoms with Crippen molar-refractivity contribution in [2.75, 3.05) is 6.54 Å². The van der Waals surface area contributed by atoms with Gasteiger partial charge in [0.1, 0.15) is 5.82 Å². The third-order valence-corrected chi connectivity index (χ3v) is 3.75. The van der Waals surface area contributed by atoms with Crippen LogP contribution in [0.3, 0.4) is 0 Å². The molecule has 0 unspecified atom stereocenters. The van der Waals surface area contributed by atoms with E-state index in [1.807, 2.05) is 26.1 Å². The second-order valence-electron chi connectivity index (χ2n) is 4.74. The highest BCUT2D eigenvalue weighted by atomic mass is 127. The molecule has 0 aliphatic carbocycles. The molecule has 0 amide bonds. The van der Waals surface area contributed by atoms with Gasteiger partial charge in [-0.05, 0) is 46.6 Å². The maximum absolute atomic E-state index is 13.5. The van der Waals surface area contributed by atoms with Crippen molar-refractivity contribution in [1.29, 1.82) is 0 Å². The fourth-order valence-corrected chi connectivity index (χ4v) is 2.15. The van der Waals surface area contributed by atoms with E-state index in [2.05, 4.69) is 36.7 Å². The maximum Gasteiger partial charge on any atom is 0.191 e. The summed E-state index contributed by atoms with van der Waals surface area (Å²) in [7, 11) is 1.89. The lowest BCUT2D eigenvalue weighted by molar-refractivity contribution is 0.618. The summed E-state index contributed by atoms with van der Waals surface area (Å²) in [6.07, 6.45) is 1.76. The number of hydrogen-bond acceptors (Lipinski definition) is 2. The number of nitrogens with zero attached hydrogens (tertiary/aromatic N) is 3. The molecule has 126 valence electrons. The van der Waals surface area contributed by atoms with Crippen LogP contribution < -0.4 is 10.6 Å². The van der Waals surface area contributed by atoms with Crippen LogP contribution in [-0.4, -0.2) is 22.3 Å². The molecule has 0 atom stereocenters. The summed E-state index contributed by atoms with van der Waals surface area (Å²) in [4.78, 5) is 4.47. The first-order valence-corrected chi connectivity index (χ1v) is 7.82. The van der Waals surface area contributed by atoms with Crippen molar-refractivity contribution >= 4 is 45.9 Å². The summed E-state index contributed by atoms with van der Waals surface area (Å²) in [6.45, 7) is 3.79. The standard InChI is InChI=1S/C15H19BrFN5.HI/c1-3-18-15(20-10-12-6-7-21-22(12)2)19-9-11-4-5-13(16)14(17)8-11;/h4-8H,3,9-10H2,1-2H3,(H2,18,19,20);1H. The predicted octanol–water partition coefficient (Wildman–Crippen LogP) is 3.20. The van der Waals surface area contributed by atoms with Crippen molar-refractivity contribution in [3.05, 3.63) is 52.0 Å². The third kappa shape index (κ3) is 6.09. The Labute approximate surface area is 160 Å². The van der Waals surface area contributed by atoms with Crippen LogP contribution in [0.5, 0.6) is 0 Å². The highest BCUT2D eigenvalue weighted by molar-refractivity contribution is 14.0. The number of aromatic nitrogens is 2. The Hall–Kier alpha value is -1.16. The second-order valence-corrected chi connectivity index (χ2v) is 5.60. The molecule has 1 aromatic heterocycles. The van der Waals surface area contributed by atoms with Gasteiger partial charge in [-0.1, -0.05) is 6.07 Å². The molecule has 0 spiro atoms. The first-order chi connectivity index (χ1) is 10.6. The largest absolute Gasteiger partial charge is 0.357 e. The third-order valence-electron chi connectivity index (χ3n) is 3.11. The topological polar surface area (TPSA) is 54.2 Å². The van der Waals surface area contributed by atoms with Gasteiger partial charge in [0.25, 0.3) is 0 Å². The van der Waals surface area contributed by atoms with Crippen molar-refractivity contribution < 1.29 is 4.39 Å². The van der Waals surface area contributed by atoms with Crippen LogP contribution in [0.15, 0.2) is 39.9 Å². The van der Waals surface area contributed by atoms with E-state index in [1.54, 1.807) is 16.9 Å². The summed E-state index contributed by atoms with van der Waals surface area (Å²) in [6, 6.07) is 6.97. The highest BCUT2D eigenvalue weighted by Crippen LogP contribution is 2.16. The summed E-state index contributed by atoms with van der Waals surface area (Å²) in [5, 5.41) is 10.5. The summed E-state index contributed by atoms with van der Waals surface area (Å²) in [5.41, 5.74) is 1.87. The van der Waals surface area contributed by atoms with Crippen LogP contribution >= 0.6 is 39.9 Å². The Balaban J connectivity index is 0.00000264. The minimum absolute atomic E-state index is 0. The van der Waals surface area contributed by atoms with Crippen LogP contribution in [0.2, 0.25) is 0 Å². The summed E-state index contributed by atoms with van der Waals surface area (Å²) >= 11 is 3.14. The Morgan fingerprint density at radius 3 is 2.74 bits per heavy atom. The summed E-state index contributed by atoms with van der Waals surface area (Å²) in [5.74, 6) is 0.410. The van der Waals surface area contributed by atoms with Gasteiger partial charge >= 0.3 is 0 Å². The Morgan fingerprint density at radius 2 is 2.13 bits per heavy atom. The van der Waals surface area contributed by atoms with Gasteiger partial charge in [0.2, 0.25) is 0 Å². The van der Waals surface area contributed by atoms with Crippen molar-refractivity contribution in [3.63, 3.8) is 0 Å². The average Bonchev–Trinajstić information content (AvgIpc) is 2.91. The molecule has 0 aliphatic heterocycles. The number of aliphatic imine (C=N–C) groups is 1. The molecule has 0 bridgehead atoms. The molecular formula is C15H20BrFIN5. The molecule has 2 rings (SSSR count). The number of benzene rings is 1. The fraction of sp³-hybridized carbons (Fsp3) is 0.333. The predicted molar refractivity (Wildman–Crippen MR) is 104 cm³/mol. The smallest absolute Gasteiger partial charge is 0.191 e. The lowest BCUT2D eigenvalue weighted by atomic mass is 10.2. The van der Waals surface area contributed by atoms with E-state index in [0.29, 0.717) is 23.5 Å². The van der Waals surface area contributed by atoms with Crippen LogP contribution in [0, 0.1) is 5.82 Å². The van der Waals surface area contributed by atoms with Gasteiger partial charge in [0.05, 0.1) is 23.3 Å². The van der Waals surface area contributed by atoms with Crippen LogP contribution in [0.1, 0.15) is 18.2 Å². The SMILES string of the molecule is CCNC(=NCc1ccc(Br)c(F)c1)NCc1ccnn1C.I. The van der Waals surface area contributed by atoms with E-state index >= 15 is 0 Å².